The second kappa shape index (κ2) is 8.67. The second-order valence-electron chi connectivity index (χ2n) is 6.44. The standard InChI is InChI=1S/C19H15ClN4O4.CH5N/c1-11-21-18(23-28-11)19(2,26)4-3-12-7-14-16(8-15(12)20)27-6-5-24-9-13(10-25)22-17(14)24;1-2/h7-10,26H,5-6H2,1-2H3;2H2,1H3. The van der Waals surface area contributed by atoms with Gasteiger partial charge in [-0.2, -0.15) is 4.98 Å². The number of ether oxygens (including phenoxy) is 1. The number of nitrogens with two attached hydrogens (primary N) is 1. The van der Waals surface area contributed by atoms with E-state index in [0.29, 0.717) is 58.7 Å². The molecule has 1 aliphatic rings. The van der Waals surface area contributed by atoms with E-state index in [1.807, 2.05) is 4.57 Å². The van der Waals surface area contributed by atoms with Gasteiger partial charge in [0, 0.05) is 24.8 Å². The molecule has 0 aliphatic carbocycles. The number of hydrogen-bond acceptors (Lipinski definition) is 8. The average Bonchev–Trinajstić information content (AvgIpc) is 3.32. The minimum absolute atomic E-state index is 0.0675. The van der Waals surface area contributed by atoms with Crippen molar-refractivity contribution >= 4 is 17.9 Å². The van der Waals surface area contributed by atoms with Crippen LogP contribution in [-0.2, 0) is 12.1 Å². The second-order valence-corrected chi connectivity index (χ2v) is 6.84. The summed E-state index contributed by atoms with van der Waals surface area (Å²) >= 11 is 6.36. The van der Waals surface area contributed by atoms with E-state index in [9.17, 15) is 9.90 Å². The number of carbonyl (C=O) groups is 1. The Morgan fingerprint density at radius 1 is 1.37 bits per heavy atom. The molecule has 0 saturated carbocycles. The maximum absolute atomic E-state index is 11.1. The fourth-order valence-electron chi connectivity index (χ4n) is 2.82. The Labute approximate surface area is 177 Å². The van der Waals surface area contributed by atoms with Gasteiger partial charge in [0.05, 0.1) is 17.1 Å². The lowest BCUT2D eigenvalue weighted by atomic mass is 10.0. The van der Waals surface area contributed by atoms with E-state index < -0.39 is 5.60 Å². The number of halogens is 1. The van der Waals surface area contributed by atoms with Gasteiger partial charge in [-0.05, 0) is 20.0 Å². The molecule has 0 amide bonds. The summed E-state index contributed by atoms with van der Waals surface area (Å²) in [5.74, 6) is 7.13. The van der Waals surface area contributed by atoms with Gasteiger partial charge in [-0.15, -0.1) is 0 Å². The maximum Gasteiger partial charge on any atom is 0.223 e. The van der Waals surface area contributed by atoms with E-state index in [1.54, 1.807) is 25.3 Å². The van der Waals surface area contributed by atoms with Crippen LogP contribution in [0.3, 0.4) is 0 Å². The zero-order valence-corrected chi connectivity index (χ0v) is 17.4. The first-order valence-corrected chi connectivity index (χ1v) is 9.38. The molecule has 1 aliphatic heterocycles. The molecular weight excluding hydrogens is 410 g/mol. The SMILES string of the molecule is CN.Cc1nc(C(C)(O)C#Cc2cc3c(cc2Cl)OCCn2cc(C=O)nc2-3)no1. The summed E-state index contributed by atoms with van der Waals surface area (Å²) in [7, 11) is 1.50. The number of aliphatic hydroxyl groups is 1. The van der Waals surface area contributed by atoms with Crippen molar-refractivity contribution in [3.8, 4) is 29.0 Å². The summed E-state index contributed by atoms with van der Waals surface area (Å²) in [6.45, 7) is 4.06. The minimum atomic E-state index is -1.62. The summed E-state index contributed by atoms with van der Waals surface area (Å²) in [5.41, 5.74) is 4.34. The number of aryl methyl sites for hydroxylation is 1. The molecule has 2 aromatic heterocycles. The van der Waals surface area contributed by atoms with Crippen LogP contribution in [0.15, 0.2) is 22.9 Å². The molecule has 0 fully saturated rings. The molecule has 0 spiro atoms. The number of benzene rings is 1. The first-order chi connectivity index (χ1) is 14.4. The molecule has 3 N–H and O–H groups in total. The number of aldehydes is 1. The molecule has 3 heterocycles. The van der Waals surface area contributed by atoms with Crippen LogP contribution in [0.1, 0.15) is 34.7 Å². The fourth-order valence-corrected chi connectivity index (χ4v) is 3.02. The van der Waals surface area contributed by atoms with Gasteiger partial charge in [-0.3, -0.25) is 4.79 Å². The molecule has 4 rings (SSSR count). The van der Waals surface area contributed by atoms with Crippen LogP contribution in [0.4, 0.5) is 0 Å². The van der Waals surface area contributed by atoms with Crippen LogP contribution in [0.2, 0.25) is 5.02 Å². The maximum atomic E-state index is 11.1. The first-order valence-electron chi connectivity index (χ1n) is 9.00. The third-order valence-corrected chi connectivity index (χ3v) is 4.53. The predicted molar refractivity (Wildman–Crippen MR) is 109 cm³/mol. The summed E-state index contributed by atoms with van der Waals surface area (Å²) < 4.78 is 12.5. The zero-order valence-electron chi connectivity index (χ0n) is 16.6. The highest BCUT2D eigenvalue weighted by molar-refractivity contribution is 6.32. The molecular formula is C20H20ClN5O4. The fraction of sp³-hybridized carbons (Fsp3) is 0.300. The summed E-state index contributed by atoms with van der Waals surface area (Å²) in [5, 5.41) is 14.6. The lowest BCUT2D eigenvalue weighted by Gasteiger charge is -2.11. The Hall–Kier alpha value is -3.19. The van der Waals surface area contributed by atoms with Crippen molar-refractivity contribution in [3.63, 3.8) is 0 Å². The molecule has 1 aromatic carbocycles. The van der Waals surface area contributed by atoms with Gasteiger partial charge < -0.3 is 24.7 Å². The van der Waals surface area contributed by atoms with Crippen LogP contribution in [0, 0.1) is 18.8 Å². The first kappa shape index (κ1) is 21.5. The van der Waals surface area contributed by atoms with Crippen molar-refractivity contribution in [1.82, 2.24) is 19.7 Å². The number of nitrogens with zero attached hydrogens (tertiary/aromatic N) is 4. The Morgan fingerprint density at radius 2 is 2.13 bits per heavy atom. The number of carbonyl (C=O) groups excluding carboxylic acids is 1. The van der Waals surface area contributed by atoms with Crippen LogP contribution in [-0.4, -0.2) is 44.7 Å². The summed E-state index contributed by atoms with van der Waals surface area (Å²) in [4.78, 5) is 19.4. The monoisotopic (exact) mass is 429 g/mol. The highest BCUT2D eigenvalue weighted by Gasteiger charge is 2.27. The molecule has 1 unspecified atom stereocenters. The van der Waals surface area contributed by atoms with Crippen molar-refractivity contribution in [2.75, 3.05) is 13.7 Å². The highest BCUT2D eigenvalue weighted by Crippen LogP contribution is 2.36. The van der Waals surface area contributed by atoms with Crippen molar-refractivity contribution in [2.24, 2.45) is 5.73 Å². The van der Waals surface area contributed by atoms with Crippen LogP contribution >= 0.6 is 11.6 Å². The molecule has 10 heteroatoms. The molecule has 30 heavy (non-hydrogen) atoms. The Balaban J connectivity index is 0.00000124. The lowest BCUT2D eigenvalue weighted by molar-refractivity contribution is 0.108. The topological polar surface area (TPSA) is 129 Å². The zero-order chi connectivity index (χ0) is 21.9. The van der Waals surface area contributed by atoms with E-state index in [-0.39, 0.29) is 5.82 Å². The third-order valence-electron chi connectivity index (χ3n) is 4.22. The largest absolute Gasteiger partial charge is 0.491 e. The molecule has 0 saturated heterocycles. The Bertz CT molecular complexity index is 1140. The van der Waals surface area contributed by atoms with Crippen molar-refractivity contribution in [2.45, 2.75) is 26.0 Å². The molecule has 3 aromatic rings. The third kappa shape index (κ3) is 4.21. The van der Waals surface area contributed by atoms with Crippen LogP contribution in [0.5, 0.6) is 5.75 Å². The van der Waals surface area contributed by atoms with Gasteiger partial charge in [0.25, 0.3) is 0 Å². The molecule has 0 bridgehead atoms. The summed E-state index contributed by atoms with van der Waals surface area (Å²) in [6, 6.07) is 3.37. The number of fused-ring (bicyclic) bond motifs is 3. The average molecular weight is 430 g/mol. The lowest BCUT2D eigenvalue weighted by Crippen LogP contribution is -2.20. The van der Waals surface area contributed by atoms with E-state index in [0.717, 1.165) is 0 Å². The van der Waals surface area contributed by atoms with E-state index in [1.165, 1.54) is 14.0 Å². The molecule has 0 radical (unpaired) electrons. The van der Waals surface area contributed by atoms with Gasteiger partial charge in [-0.1, -0.05) is 28.6 Å². The van der Waals surface area contributed by atoms with Gasteiger partial charge >= 0.3 is 0 Å². The Kier molecular flexibility index (Phi) is 6.22. The quantitative estimate of drug-likeness (QED) is 0.467. The molecule has 156 valence electrons. The number of hydrogen-bond donors (Lipinski definition) is 2. The van der Waals surface area contributed by atoms with Crippen molar-refractivity contribution in [1.29, 1.82) is 0 Å². The summed E-state index contributed by atoms with van der Waals surface area (Å²) in [6.07, 6.45) is 2.37. The van der Waals surface area contributed by atoms with Crippen LogP contribution < -0.4 is 10.5 Å². The number of aromatic nitrogens is 4. The van der Waals surface area contributed by atoms with Crippen molar-refractivity contribution < 1.29 is 19.2 Å². The normalized spacial score (nSPS) is 13.8. The Morgan fingerprint density at radius 3 is 2.80 bits per heavy atom. The smallest absolute Gasteiger partial charge is 0.223 e. The molecule has 9 nitrogen and oxygen atoms in total. The van der Waals surface area contributed by atoms with Gasteiger partial charge in [0.15, 0.2) is 11.9 Å². The number of imidazole rings is 1. The van der Waals surface area contributed by atoms with E-state index in [2.05, 4.69) is 32.7 Å². The van der Waals surface area contributed by atoms with E-state index >= 15 is 0 Å². The van der Waals surface area contributed by atoms with Gasteiger partial charge in [-0.25, -0.2) is 4.98 Å². The van der Waals surface area contributed by atoms with Gasteiger partial charge in [0.2, 0.25) is 11.7 Å². The predicted octanol–water partition coefficient (Wildman–Crippen LogP) is 1.93. The van der Waals surface area contributed by atoms with E-state index in [4.69, 9.17) is 20.9 Å². The number of rotatable bonds is 2. The minimum Gasteiger partial charge on any atom is -0.491 e. The van der Waals surface area contributed by atoms with Crippen LogP contribution in [0.25, 0.3) is 11.4 Å². The van der Waals surface area contributed by atoms with Crippen molar-refractivity contribution in [3.05, 3.63) is 46.3 Å². The highest BCUT2D eigenvalue weighted by atomic mass is 35.5. The van der Waals surface area contributed by atoms with Gasteiger partial charge in [0.1, 0.15) is 23.9 Å². The molecule has 1 atom stereocenters.